The second-order valence-corrected chi connectivity index (χ2v) is 8.70. The highest BCUT2D eigenvalue weighted by Crippen LogP contribution is 2.40. The maximum atomic E-state index is 12.1. The second kappa shape index (κ2) is 9.87. The summed E-state index contributed by atoms with van der Waals surface area (Å²) in [5.41, 5.74) is 2.15. The summed E-state index contributed by atoms with van der Waals surface area (Å²) in [5.74, 6) is 0.466. The van der Waals surface area contributed by atoms with Gasteiger partial charge < -0.3 is 10.1 Å². The fourth-order valence-corrected chi connectivity index (χ4v) is 4.62. The van der Waals surface area contributed by atoms with Gasteiger partial charge in [0.15, 0.2) is 0 Å². The first-order chi connectivity index (χ1) is 14.0. The summed E-state index contributed by atoms with van der Waals surface area (Å²) in [5, 5.41) is 6.84. The molecular formula is C22H29N3O3S. The zero-order chi connectivity index (χ0) is 20.8. The van der Waals surface area contributed by atoms with E-state index in [0.717, 1.165) is 10.4 Å². The molecular weight excluding hydrogens is 386 g/mol. The molecule has 0 radical (unpaired) electrons. The molecule has 2 amide bonds. The zero-order valence-corrected chi connectivity index (χ0v) is 18.1. The first-order valence-electron chi connectivity index (χ1n) is 10.3. The zero-order valence-electron chi connectivity index (χ0n) is 17.3. The first kappa shape index (κ1) is 21.3. The average Bonchev–Trinajstić information content (AvgIpc) is 3.18. The molecule has 1 saturated carbocycles. The van der Waals surface area contributed by atoms with Crippen LogP contribution in [0, 0.1) is 0 Å². The molecule has 6 nitrogen and oxygen atoms in total. The summed E-state index contributed by atoms with van der Waals surface area (Å²) in [6, 6.07) is 5.50. The lowest BCUT2D eigenvalue weighted by molar-refractivity contribution is -0.115. The van der Waals surface area contributed by atoms with E-state index < -0.39 is 6.09 Å². The maximum Gasteiger partial charge on any atom is 0.411 e. The van der Waals surface area contributed by atoms with E-state index in [1.165, 1.54) is 37.1 Å². The van der Waals surface area contributed by atoms with Crippen LogP contribution in [-0.2, 0) is 9.53 Å². The van der Waals surface area contributed by atoms with Crippen molar-refractivity contribution in [3.8, 4) is 10.4 Å². The van der Waals surface area contributed by atoms with E-state index >= 15 is 0 Å². The summed E-state index contributed by atoms with van der Waals surface area (Å²) in [4.78, 5) is 29.7. The Hall–Kier alpha value is -2.41. The molecule has 1 aromatic heterocycles. The lowest BCUT2D eigenvalue weighted by Crippen LogP contribution is -2.18. The van der Waals surface area contributed by atoms with Crippen LogP contribution in [0.25, 0.3) is 10.4 Å². The third-order valence-corrected chi connectivity index (χ3v) is 6.14. The Morgan fingerprint density at radius 3 is 2.66 bits per heavy atom. The van der Waals surface area contributed by atoms with Crippen molar-refractivity contribution in [3.05, 3.63) is 29.4 Å². The number of ether oxygens (including phenoxy) is 1. The Bertz CT molecular complexity index is 857. The number of aromatic nitrogens is 1. The molecule has 29 heavy (non-hydrogen) atoms. The fourth-order valence-electron chi connectivity index (χ4n) is 3.49. The molecule has 2 aromatic rings. The highest BCUT2D eigenvalue weighted by Gasteiger charge is 2.20. The van der Waals surface area contributed by atoms with Gasteiger partial charge in [0, 0.05) is 29.8 Å². The molecule has 0 saturated heterocycles. The number of anilines is 2. The maximum absolute atomic E-state index is 12.1. The van der Waals surface area contributed by atoms with Gasteiger partial charge in [0.25, 0.3) is 0 Å². The SMILES string of the molecule is CCC(=O)Nc1cc(NC(=O)OC(C)C)ccc1-c1cnc(C2CCCCC2)s1. The van der Waals surface area contributed by atoms with Crippen molar-refractivity contribution in [2.45, 2.75) is 71.3 Å². The van der Waals surface area contributed by atoms with Gasteiger partial charge in [-0.3, -0.25) is 10.1 Å². The summed E-state index contributed by atoms with van der Waals surface area (Å²) in [6.45, 7) is 5.40. The third kappa shape index (κ3) is 5.79. The quantitative estimate of drug-likeness (QED) is 0.592. The molecule has 0 aliphatic heterocycles. The van der Waals surface area contributed by atoms with Crippen molar-refractivity contribution in [2.75, 3.05) is 10.6 Å². The van der Waals surface area contributed by atoms with Gasteiger partial charge >= 0.3 is 6.09 Å². The Morgan fingerprint density at radius 2 is 1.97 bits per heavy atom. The third-order valence-electron chi connectivity index (χ3n) is 4.95. The molecule has 3 rings (SSSR count). The van der Waals surface area contributed by atoms with Crippen molar-refractivity contribution >= 4 is 34.7 Å². The molecule has 1 aliphatic carbocycles. The largest absolute Gasteiger partial charge is 0.447 e. The molecule has 1 fully saturated rings. The van der Waals surface area contributed by atoms with Crippen LogP contribution in [0.4, 0.5) is 16.2 Å². The van der Waals surface area contributed by atoms with Gasteiger partial charge in [-0.1, -0.05) is 26.2 Å². The van der Waals surface area contributed by atoms with E-state index in [1.54, 1.807) is 31.3 Å². The second-order valence-electron chi connectivity index (χ2n) is 7.64. The van der Waals surface area contributed by atoms with Crippen LogP contribution in [0.3, 0.4) is 0 Å². The molecule has 0 spiro atoms. The van der Waals surface area contributed by atoms with Gasteiger partial charge in [-0.15, -0.1) is 11.3 Å². The fraction of sp³-hybridized carbons (Fsp3) is 0.500. The number of carbonyl (C=O) groups excluding carboxylic acids is 2. The van der Waals surface area contributed by atoms with E-state index in [0.29, 0.717) is 23.7 Å². The molecule has 1 aliphatic rings. The average molecular weight is 416 g/mol. The molecule has 7 heteroatoms. The van der Waals surface area contributed by atoms with Gasteiger partial charge in [0.05, 0.1) is 21.7 Å². The molecule has 156 valence electrons. The normalized spacial score (nSPS) is 14.6. The number of hydrogen-bond acceptors (Lipinski definition) is 5. The molecule has 0 bridgehead atoms. The number of benzene rings is 1. The van der Waals surface area contributed by atoms with Crippen molar-refractivity contribution in [2.24, 2.45) is 0 Å². The van der Waals surface area contributed by atoms with Gasteiger partial charge in [-0.25, -0.2) is 9.78 Å². The van der Waals surface area contributed by atoms with Crippen LogP contribution >= 0.6 is 11.3 Å². The van der Waals surface area contributed by atoms with E-state index in [9.17, 15) is 9.59 Å². The van der Waals surface area contributed by atoms with Crippen LogP contribution in [0.15, 0.2) is 24.4 Å². The number of rotatable bonds is 6. The first-order valence-corrected chi connectivity index (χ1v) is 11.2. The van der Waals surface area contributed by atoms with Gasteiger partial charge in [-0.05, 0) is 44.9 Å². The Morgan fingerprint density at radius 1 is 1.21 bits per heavy atom. The molecule has 0 unspecified atom stereocenters. The van der Waals surface area contributed by atoms with Crippen molar-refractivity contribution in [1.29, 1.82) is 0 Å². The molecule has 1 aromatic carbocycles. The van der Waals surface area contributed by atoms with Gasteiger partial charge in [0.2, 0.25) is 5.91 Å². The summed E-state index contributed by atoms with van der Waals surface area (Å²) >= 11 is 1.70. The highest BCUT2D eigenvalue weighted by atomic mass is 32.1. The monoisotopic (exact) mass is 415 g/mol. The Balaban J connectivity index is 1.85. The highest BCUT2D eigenvalue weighted by molar-refractivity contribution is 7.15. The summed E-state index contributed by atoms with van der Waals surface area (Å²) < 4.78 is 5.14. The number of nitrogens with zero attached hydrogens (tertiary/aromatic N) is 1. The molecule has 2 N–H and O–H groups in total. The number of amides is 2. The minimum Gasteiger partial charge on any atom is -0.447 e. The van der Waals surface area contributed by atoms with Crippen molar-refractivity contribution < 1.29 is 14.3 Å². The van der Waals surface area contributed by atoms with E-state index in [4.69, 9.17) is 4.74 Å². The standard InChI is InChI=1S/C22H29N3O3S/c1-4-20(26)25-18-12-16(24-22(27)28-14(2)3)10-11-17(18)19-13-23-21(29-19)15-8-6-5-7-9-15/h10-15H,4-9H2,1-3H3,(H,24,27)(H,25,26). The summed E-state index contributed by atoms with van der Waals surface area (Å²) in [6.07, 6.45) is 7.81. The number of hydrogen-bond donors (Lipinski definition) is 2. The van der Waals surface area contributed by atoms with E-state index in [1.807, 2.05) is 25.3 Å². The van der Waals surface area contributed by atoms with Crippen LogP contribution in [0.2, 0.25) is 0 Å². The van der Waals surface area contributed by atoms with Crippen molar-refractivity contribution in [1.82, 2.24) is 4.98 Å². The van der Waals surface area contributed by atoms with Crippen LogP contribution in [-0.4, -0.2) is 23.1 Å². The predicted octanol–water partition coefficient (Wildman–Crippen LogP) is 6.16. The van der Waals surface area contributed by atoms with Crippen molar-refractivity contribution in [3.63, 3.8) is 0 Å². The van der Waals surface area contributed by atoms with Crippen LogP contribution < -0.4 is 10.6 Å². The molecule has 1 heterocycles. The number of nitrogens with one attached hydrogen (secondary N) is 2. The van der Waals surface area contributed by atoms with E-state index in [2.05, 4.69) is 15.6 Å². The summed E-state index contributed by atoms with van der Waals surface area (Å²) in [7, 11) is 0. The van der Waals surface area contributed by atoms with Crippen LogP contribution in [0.1, 0.15) is 70.2 Å². The van der Waals surface area contributed by atoms with Crippen LogP contribution in [0.5, 0.6) is 0 Å². The van der Waals surface area contributed by atoms with Gasteiger partial charge in [-0.2, -0.15) is 0 Å². The number of carbonyl (C=O) groups is 2. The number of thiazole rings is 1. The topological polar surface area (TPSA) is 80.3 Å². The van der Waals surface area contributed by atoms with Gasteiger partial charge in [0.1, 0.15) is 0 Å². The molecule has 0 atom stereocenters. The minimum absolute atomic E-state index is 0.0785. The Kier molecular flexibility index (Phi) is 7.25. The minimum atomic E-state index is -0.516. The lowest BCUT2D eigenvalue weighted by Gasteiger charge is -2.19. The Labute approximate surface area is 176 Å². The predicted molar refractivity (Wildman–Crippen MR) is 118 cm³/mol. The smallest absolute Gasteiger partial charge is 0.411 e. The lowest BCUT2D eigenvalue weighted by atomic mass is 9.90. The van der Waals surface area contributed by atoms with E-state index in [-0.39, 0.29) is 12.0 Å².